The number of aromatic nitrogens is 2. The van der Waals surface area contributed by atoms with E-state index in [-0.39, 0.29) is 6.04 Å². The predicted octanol–water partition coefficient (Wildman–Crippen LogP) is 0.998. The van der Waals surface area contributed by atoms with Crippen LogP contribution in [0.15, 0.2) is 4.42 Å². The second-order valence-corrected chi connectivity index (χ2v) is 4.19. The summed E-state index contributed by atoms with van der Waals surface area (Å²) in [6, 6.07) is 0.0834. The molecule has 15 heavy (non-hydrogen) atoms. The van der Waals surface area contributed by atoms with Gasteiger partial charge in [-0.05, 0) is 12.8 Å². The number of hydrogen-bond acceptors (Lipinski definition) is 5. The maximum absolute atomic E-state index is 5.66. The Balaban J connectivity index is 1.71. The molecular weight excluding hydrogens is 194 g/mol. The van der Waals surface area contributed by atoms with Crippen molar-refractivity contribution in [1.82, 2.24) is 15.5 Å². The van der Waals surface area contributed by atoms with E-state index in [0.29, 0.717) is 18.4 Å². The van der Waals surface area contributed by atoms with Gasteiger partial charge in [0.05, 0.1) is 13.2 Å². The number of nitrogens with one attached hydrogen (secondary N) is 1. The van der Waals surface area contributed by atoms with Gasteiger partial charge in [0.1, 0.15) is 6.04 Å². The fraction of sp³-hybridized carbons (Fsp3) is 0.800. The Bertz CT molecular complexity index is 329. The molecule has 5 nitrogen and oxygen atoms in total. The normalized spacial score (nSPS) is 27.6. The highest BCUT2D eigenvalue weighted by Gasteiger charge is 2.27. The molecule has 1 aliphatic carbocycles. The molecule has 3 rings (SSSR count). The van der Waals surface area contributed by atoms with E-state index in [1.54, 1.807) is 0 Å². The molecule has 0 aromatic carbocycles. The molecule has 0 amide bonds. The number of hydrogen-bond donors (Lipinski definition) is 1. The molecule has 1 saturated heterocycles. The Morgan fingerprint density at radius 1 is 1.20 bits per heavy atom. The lowest BCUT2D eigenvalue weighted by Gasteiger charge is -2.22. The van der Waals surface area contributed by atoms with Gasteiger partial charge in [0.2, 0.25) is 11.8 Å². The first-order chi connectivity index (χ1) is 7.43. The van der Waals surface area contributed by atoms with Gasteiger partial charge < -0.3 is 14.5 Å². The van der Waals surface area contributed by atoms with Crippen LogP contribution in [0, 0.1) is 0 Å². The summed E-state index contributed by atoms with van der Waals surface area (Å²) >= 11 is 0. The molecule has 2 heterocycles. The molecule has 1 aromatic rings. The zero-order chi connectivity index (χ0) is 10.1. The summed E-state index contributed by atoms with van der Waals surface area (Å²) in [6.45, 7) is 2.25. The van der Waals surface area contributed by atoms with E-state index in [9.17, 15) is 0 Å². The molecule has 1 aliphatic heterocycles. The van der Waals surface area contributed by atoms with Crippen LogP contribution in [0.3, 0.4) is 0 Å². The van der Waals surface area contributed by atoms with Crippen molar-refractivity contribution in [3.8, 4) is 0 Å². The van der Waals surface area contributed by atoms with E-state index in [1.807, 2.05) is 0 Å². The van der Waals surface area contributed by atoms with Crippen LogP contribution >= 0.6 is 0 Å². The van der Waals surface area contributed by atoms with E-state index >= 15 is 0 Å². The summed E-state index contributed by atoms with van der Waals surface area (Å²) in [5.41, 5.74) is 0. The molecule has 0 bridgehead atoms. The summed E-state index contributed by atoms with van der Waals surface area (Å²) in [5.74, 6) is 2.00. The molecule has 0 spiro atoms. The molecule has 1 saturated carbocycles. The van der Waals surface area contributed by atoms with Gasteiger partial charge in [-0.25, -0.2) is 0 Å². The molecule has 2 aliphatic rings. The summed E-state index contributed by atoms with van der Waals surface area (Å²) in [6.07, 6.45) is 3.67. The fourth-order valence-corrected chi connectivity index (χ4v) is 1.93. The third-order valence-electron chi connectivity index (χ3n) is 3.13. The first-order valence-corrected chi connectivity index (χ1v) is 5.58. The number of ether oxygens (including phenoxy) is 1. The van der Waals surface area contributed by atoms with Crippen molar-refractivity contribution in [3.63, 3.8) is 0 Å². The Morgan fingerprint density at radius 2 is 2.07 bits per heavy atom. The molecule has 1 unspecified atom stereocenters. The Labute approximate surface area is 88.2 Å². The van der Waals surface area contributed by atoms with Gasteiger partial charge in [-0.2, -0.15) is 0 Å². The molecular formula is C10H15N3O2. The van der Waals surface area contributed by atoms with E-state index in [4.69, 9.17) is 9.15 Å². The van der Waals surface area contributed by atoms with Crippen molar-refractivity contribution in [2.24, 2.45) is 0 Å². The highest BCUT2D eigenvalue weighted by molar-refractivity contribution is 4.99. The molecule has 1 aromatic heterocycles. The zero-order valence-corrected chi connectivity index (χ0v) is 8.61. The van der Waals surface area contributed by atoms with Gasteiger partial charge in [0.15, 0.2) is 0 Å². The van der Waals surface area contributed by atoms with Gasteiger partial charge in [-0.3, -0.25) is 0 Å². The monoisotopic (exact) mass is 209 g/mol. The summed E-state index contributed by atoms with van der Waals surface area (Å²) < 4.78 is 11.0. The second-order valence-electron chi connectivity index (χ2n) is 4.19. The lowest BCUT2D eigenvalue weighted by atomic mass is 9.85. The average molecular weight is 209 g/mol. The van der Waals surface area contributed by atoms with E-state index in [2.05, 4.69) is 15.5 Å². The van der Waals surface area contributed by atoms with Gasteiger partial charge >= 0.3 is 0 Å². The molecule has 5 heteroatoms. The van der Waals surface area contributed by atoms with Gasteiger partial charge in [-0.15, -0.1) is 10.2 Å². The minimum atomic E-state index is 0.0834. The molecule has 1 N–H and O–H groups in total. The SMILES string of the molecule is C1CC(c2nnc(C3COCCN3)o2)C1. The van der Waals surface area contributed by atoms with Crippen molar-refractivity contribution in [2.45, 2.75) is 31.2 Å². The van der Waals surface area contributed by atoms with Crippen LogP contribution in [0.1, 0.15) is 43.0 Å². The van der Waals surface area contributed by atoms with E-state index in [0.717, 1.165) is 19.0 Å². The van der Waals surface area contributed by atoms with Gasteiger partial charge in [0.25, 0.3) is 0 Å². The lowest BCUT2D eigenvalue weighted by Crippen LogP contribution is -2.34. The maximum Gasteiger partial charge on any atom is 0.235 e. The molecule has 2 fully saturated rings. The van der Waals surface area contributed by atoms with Crippen LogP contribution in [0.2, 0.25) is 0 Å². The van der Waals surface area contributed by atoms with Gasteiger partial charge in [0, 0.05) is 12.5 Å². The van der Waals surface area contributed by atoms with E-state index < -0.39 is 0 Å². The topological polar surface area (TPSA) is 60.2 Å². The summed E-state index contributed by atoms with van der Waals surface area (Å²) in [4.78, 5) is 0. The highest BCUT2D eigenvalue weighted by Crippen LogP contribution is 2.35. The van der Waals surface area contributed by atoms with Gasteiger partial charge in [-0.1, -0.05) is 6.42 Å². The molecule has 1 atom stereocenters. The third kappa shape index (κ3) is 1.77. The van der Waals surface area contributed by atoms with Crippen LogP contribution in [0.4, 0.5) is 0 Å². The zero-order valence-electron chi connectivity index (χ0n) is 8.61. The number of nitrogens with zero attached hydrogens (tertiary/aromatic N) is 2. The fourth-order valence-electron chi connectivity index (χ4n) is 1.93. The third-order valence-corrected chi connectivity index (χ3v) is 3.13. The smallest absolute Gasteiger partial charge is 0.235 e. The van der Waals surface area contributed by atoms with Crippen molar-refractivity contribution in [1.29, 1.82) is 0 Å². The van der Waals surface area contributed by atoms with Crippen LogP contribution in [0.5, 0.6) is 0 Å². The average Bonchev–Trinajstić information content (AvgIpc) is 2.66. The minimum absolute atomic E-state index is 0.0834. The van der Waals surface area contributed by atoms with Crippen LogP contribution < -0.4 is 5.32 Å². The highest BCUT2D eigenvalue weighted by atomic mass is 16.5. The standard InChI is InChI=1S/C10H15N3O2/c1-2-7(3-1)9-12-13-10(15-9)8-6-14-5-4-11-8/h7-8,11H,1-6H2. The Kier molecular flexibility index (Phi) is 2.42. The maximum atomic E-state index is 5.66. The summed E-state index contributed by atoms with van der Waals surface area (Å²) in [5, 5.41) is 11.5. The van der Waals surface area contributed by atoms with Crippen molar-refractivity contribution in [2.75, 3.05) is 19.8 Å². The largest absolute Gasteiger partial charge is 0.423 e. The quantitative estimate of drug-likeness (QED) is 0.787. The Hall–Kier alpha value is -0.940. The molecule has 0 radical (unpaired) electrons. The lowest BCUT2D eigenvalue weighted by molar-refractivity contribution is 0.0673. The van der Waals surface area contributed by atoms with E-state index in [1.165, 1.54) is 19.3 Å². The number of rotatable bonds is 2. The van der Waals surface area contributed by atoms with Crippen LogP contribution in [-0.4, -0.2) is 30.0 Å². The molecule has 82 valence electrons. The van der Waals surface area contributed by atoms with Crippen molar-refractivity contribution in [3.05, 3.63) is 11.8 Å². The second kappa shape index (κ2) is 3.90. The van der Waals surface area contributed by atoms with Crippen molar-refractivity contribution >= 4 is 0 Å². The minimum Gasteiger partial charge on any atom is -0.423 e. The Morgan fingerprint density at radius 3 is 2.73 bits per heavy atom. The summed E-state index contributed by atoms with van der Waals surface area (Å²) in [7, 11) is 0. The first kappa shape index (κ1) is 9.30. The number of morpholine rings is 1. The predicted molar refractivity (Wildman–Crippen MR) is 52.5 cm³/mol. The van der Waals surface area contributed by atoms with Crippen LogP contribution in [-0.2, 0) is 4.74 Å². The first-order valence-electron chi connectivity index (χ1n) is 5.58. The van der Waals surface area contributed by atoms with Crippen LogP contribution in [0.25, 0.3) is 0 Å². The van der Waals surface area contributed by atoms with Crippen molar-refractivity contribution < 1.29 is 9.15 Å².